The third kappa shape index (κ3) is 4.81. The quantitative estimate of drug-likeness (QED) is 0.509. The van der Waals surface area contributed by atoms with Crippen LogP contribution in [0.25, 0.3) is 10.8 Å². The predicted molar refractivity (Wildman–Crippen MR) is 94.3 cm³/mol. The Kier molecular flexibility index (Phi) is 6.64. The lowest BCUT2D eigenvalue weighted by atomic mass is 10.0. The number of phenolic OH excluding ortho intramolecular Hbond substituents is 1. The maximum atomic E-state index is 12.4. The standard InChI is InChI=1S/C18H25O4P/c1-3-21-23(20,22-4-2)14-8-7-10-16-13-12-15-9-5-6-11-17(15)18(16)19/h5-6,9,11-13,19H,3-4,7-8,10,14H2,1-2H3. The fourth-order valence-corrected chi connectivity index (χ4v) is 4.41. The zero-order valence-electron chi connectivity index (χ0n) is 13.8. The van der Waals surface area contributed by atoms with Crippen LogP contribution < -0.4 is 0 Å². The minimum Gasteiger partial charge on any atom is -0.507 e. The number of benzene rings is 2. The Bertz CT molecular complexity index is 674. The van der Waals surface area contributed by atoms with E-state index in [1.165, 1.54) is 0 Å². The molecule has 0 fully saturated rings. The Morgan fingerprint density at radius 2 is 1.70 bits per heavy atom. The molecule has 5 heteroatoms. The minimum absolute atomic E-state index is 0.348. The number of hydrogen-bond acceptors (Lipinski definition) is 4. The van der Waals surface area contributed by atoms with Crippen molar-refractivity contribution in [3.8, 4) is 5.75 Å². The van der Waals surface area contributed by atoms with Gasteiger partial charge in [0.15, 0.2) is 0 Å². The van der Waals surface area contributed by atoms with Gasteiger partial charge in [0.05, 0.1) is 19.4 Å². The van der Waals surface area contributed by atoms with Gasteiger partial charge in [0.1, 0.15) is 5.75 Å². The van der Waals surface area contributed by atoms with E-state index in [2.05, 4.69) is 0 Å². The van der Waals surface area contributed by atoms with Crippen molar-refractivity contribution >= 4 is 18.4 Å². The third-order valence-corrected chi connectivity index (χ3v) is 5.93. The summed E-state index contributed by atoms with van der Waals surface area (Å²) in [6, 6.07) is 11.8. The molecule has 0 radical (unpaired) electrons. The van der Waals surface area contributed by atoms with Crippen molar-refractivity contribution < 1.29 is 18.7 Å². The molecule has 0 amide bonds. The van der Waals surface area contributed by atoms with Gasteiger partial charge in [0.2, 0.25) is 0 Å². The fraction of sp³-hybridized carbons (Fsp3) is 0.444. The lowest BCUT2D eigenvalue weighted by molar-refractivity contribution is 0.219. The van der Waals surface area contributed by atoms with E-state index in [0.717, 1.165) is 35.6 Å². The average molecular weight is 336 g/mol. The minimum atomic E-state index is -2.95. The van der Waals surface area contributed by atoms with Crippen molar-refractivity contribution in [1.29, 1.82) is 0 Å². The van der Waals surface area contributed by atoms with E-state index in [1.54, 1.807) is 0 Å². The fourth-order valence-electron chi connectivity index (χ4n) is 2.68. The van der Waals surface area contributed by atoms with Crippen LogP contribution in [-0.4, -0.2) is 24.5 Å². The van der Waals surface area contributed by atoms with E-state index in [4.69, 9.17) is 9.05 Å². The number of rotatable bonds is 9. The second-order valence-electron chi connectivity index (χ2n) is 5.42. The summed E-state index contributed by atoms with van der Waals surface area (Å²) in [5, 5.41) is 12.3. The lowest BCUT2D eigenvalue weighted by Gasteiger charge is -2.16. The summed E-state index contributed by atoms with van der Waals surface area (Å²) in [4.78, 5) is 0. The Morgan fingerprint density at radius 3 is 2.39 bits per heavy atom. The Morgan fingerprint density at radius 1 is 1.00 bits per heavy atom. The lowest BCUT2D eigenvalue weighted by Crippen LogP contribution is -2.01. The van der Waals surface area contributed by atoms with Crippen LogP contribution in [0.4, 0.5) is 0 Å². The maximum absolute atomic E-state index is 12.4. The summed E-state index contributed by atoms with van der Waals surface area (Å²) in [5.41, 5.74) is 0.923. The average Bonchev–Trinajstić information content (AvgIpc) is 2.54. The van der Waals surface area contributed by atoms with Gasteiger partial charge < -0.3 is 14.2 Å². The molecule has 0 aromatic heterocycles. The molecule has 2 rings (SSSR count). The topological polar surface area (TPSA) is 55.8 Å². The first-order valence-corrected chi connectivity index (χ1v) is 9.90. The van der Waals surface area contributed by atoms with Crippen LogP contribution in [0.5, 0.6) is 5.75 Å². The van der Waals surface area contributed by atoms with E-state index in [1.807, 2.05) is 50.2 Å². The van der Waals surface area contributed by atoms with Crippen molar-refractivity contribution in [3.05, 3.63) is 42.0 Å². The molecule has 126 valence electrons. The molecule has 0 aliphatic heterocycles. The molecule has 0 heterocycles. The molecular formula is C18H25O4P. The summed E-state index contributed by atoms with van der Waals surface area (Å²) < 4.78 is 22.9. The van der Waals surface area contributed by atoms with Gasteiger partial charge in [-0.05, 0) is 44.1 Å². The monoisotopic (exact) mass is 336 g/mol. The normalized spacial score (nSPS) is 11.9. The molecule has 4 nitrogen and oxygen atoms in total. The second-order valence-corrected chi connectivity index (χ2v) is 7.61. The van der Waals surface area contributed by atoms with Gasteiger partial charge in [-0.1, -0.05) is 36.4 Å². The van der Waals surface area contributed by atoms with Gasteiger partial charge in [-0.2, -0.15) is 0 Å². The van der Waals surface area contributed by atoms with Crippen molar-refractivity contribution in [2.75, 3.05) is 19.4 Å². The maximum Gasteiger partial charge on any atom is 0.330 e. The summed E-state index contributed by atoms with van der Waals surface area (Å²) in [7, 11) is -2.95. The summed E-state index contributed by atoms with van der Waals surface area (Å²) in [6.45, 7) is 4.42. The van der Waals surface area contributed by atoms with Crippen LogP contribution in [-0.2, 0) is 20.0 Å². The number of aromatic hydroxyl groups is 1. The van der Waals surface area contributed by atoms with Crippen LogP contribution in [0.15, 0.2) is 36.4 Å². The predicted octanol–water partition coefficient (Wildman–Crippen LogP) is 5.13. The number of phenols is 1. The molecule has 0 aliphatic carbocycles. The number of aryl methyl sites for hydroxylation is 1. The van der Waals surface area contributed by atoms with Crippen molar-refractivity contribution in [1.82, 2.24) is 0 Å². The highest BCUT2D eigenvalue weighted by Gasteiger charge is 2.22. The highest BCUT2D eigenvalue weighted by atomic mass is 31.2. The number of hydrogen-bond donors (Lipinski definition) is 1. The molecule has 0 saturated heterocycles. The Balaban J connectivity index is 1.94. The first kappa shape index (κ1) is 18.0. The molecular weight excluding hydrogens is 311 g/mol. The van der Waals surface area contributed by atoms with E-state index >= 15 is 0 Å². The molecule has 1 N–H and O–H groups in total. The molecule has 0 aliphatic rings. The van der Waals surface area contributed by atoms with Crippen molar-refractivity contribution in [2.24, 2.45) is 0 Å². The third-order valence-electron chi connectivity index (χ3n) is 3.76. The van der Waals surface area contributed by atoms with Gasteiger partial charge in [-0.3, -0.25) is 4.57 Å². The second kappa shape index (κ2) is 8.49. The molecule has 23 heavy (non-hydrogen) atoms. The van der Waals surface area contributed by atoms with E-state index in [0.29, 0.717) is 25.1 Å². The molecule has 0 unspecified atom stereocenters. The van der Waals surface area contributed by atoms with Gasteiger partial charge >= 0.3 is 7.60 Å². The molecule has 0 saturated carbocycles. The Hall–Kier alpha value is -1.35. The highest BCUT2D eigenvalue weighted by Crippen LogP contribution is 2.48. The SMILES string of the molecule is CCOP(=O)(CCCCc1ccc2ccccc2c1O)OCC. The van der Waals surface area contributed by atoms with Crippen LogP contribution in [0.3, 0.4) is 0 Å². The van der Waals surface area contributed by atoms with E-state index in [-0.39, 0.29) is 0 Å². The van der Waals surface area contributed by atoms with E-state index < -0.39 is 7.60 Å². The number of fused-ring (bicyclic) bond motifs is 1. The van der Waals surface area contributed by atoms with E-state index in [9.17, 15) is 9.67 Å². The first-order valence-electron chi connectivity index (χ1n) is 8.17. The van der Waals surface area contributed by atoms with Crippen LogP contribution in [0, 0.1) is 0 Å². The van der Waals surface area contributed by atoms with Gasteiger partial charge in [-0.15, -0.1) is 0 Å². The zero-order valence-corrected chi connectivity index (χ0v) is 14.7. The summed E-state index contributed by atoms with van der Waals surface area (Å²) >= 11 is 0. The molecule has 2 aromatic rings. The number of unbranched alkanes of at least 4 members (excludes halogenated alkanes) is 1. The van der Waals surface area contributed by atoms with Crippen LogP contribution >= 0.6 is 7.60 Å². The van der Waals surface area contributed by atoms with Gasteiger partial charge in [0.25, 0.3) is 0 Å². The van der Waals surface area contributed by atoms with Crippen LogP contribution in [0.2, 0.25) is 0 Å². The van der Waals surface area contributed by atoms with Crippen molar-refractivity contribution in [3.63, 3.8) is 0 Å². The Labute approximate surface area is 138 Å². The summed E-state index contributed by atoms with van der Waals surface area (Å²) in [5.74, 6) is 0.348. The largest absolute Gasteiger partial charge is 0.507 e. The van der Waals surface area contributed by atoms with Gasteiger partial charge in [0, 0.05) is 5.39 Å². The molecule has 0 bridgehead atoms. The van der Waals surface area contributed by atoms with Gasteiger partial charge in [-0.25, -0.2) is 0 Å². The highest BCUT2D eigenvalue weighted by molar-refractivity contribution is 7.53. The molecule has 0 spiro atoms. The van der Waals surface area contributed by atoms with Crippen molar-refractivity contribution in [2.45, 2.75) is 33.1 Å². The molecule has 0 atom stereocenters. The molecule has 2 aromatic carbocycles. The smallest absolute Gasteiger partial charge is 0.330 e. The zero-order chi connectivity index (χ0) is 16.7. The summed E-state index contributed by atoms with van der Waals surface area (Å²) in [6.07, 6.45) is 2.73. The first-order chi connectivity index (χ1) is 11.1. The van der Waals surface area contributed by atoms with Crippen LogP contribution in [0.1, 0.15) is 32.3 Å².